The summed E-state index contributed by atoms with van der Waals surface area (Å²) in [6, 6.07) is 3.54. The number of morpholine rings is 1. The molecule has 26 heavy (non-hydrogen) atoms. The summed E-state index contributed by atoms with van der Waals surface area (Å²) < 4.78 is 20.4. The lowest BCUT2D eigenvalue weighted by Crippen LogP contribution is -2.54. The first-order chi connectivity index (χ1) is 12.6. The van der Waals surface area contributed by atoms with Crippen molar-refractivity contribution in [3.63, 3.8) is 0 Å². The Labute approximate surface area is 149 Å². The maximum absolute atomic E-state index is 12.1. The predicted octanol–water partition coefficient (Wildman–Crippen LogP) is -0.0628. The molecule has 140 valence electrons. The SMILES string of the molecule is COC(=O)C1COCCN1CC(=O)NC(=O)Nc1ccc2c(c1)OCO2. The summed E-state index contributed by atoms with van der Waals surface area (Å²) in [5.41, 5.74) is 0.457. The molecule has 1 unspecified atom stereocenters. The monoisotopic (exact) mass is 365 g/mol. The van der Waals surface area contributed by atoms with E-state index in [2.05, 4.69) is 10.6 Å². The number of nitrogens with zero attached hydrogens (tertiary/aromatic N) is 1. The fourth-order valence-corrected chi connectivity index (χ4v) is 2.67. The van der Waals surface area contributed by atoms with Crippen molar-refractivity contribution < 1.29 is 33.3 Å². The van der Waals surface area contributed by atoms with Gasteiger partial charge in [-0.05, 0) is 12.1 Å². The molecular formula is C16H19N3O7. The minimum absolute atomic E-state index is 0.127. The smallest absolute Gasteiger partial charge is 0.325 e. The van der Waals surface area contributed by atoms with Crippen molar-refractivity contribution in [1.29, 1.82) is 0 Å². The zero-order chi connectivity index (χ0) is 18.5. The molecule has 10 nitrogen and oxygen atoms in total. The maximum Gasteiger partial charge on any atom is 0.325 e. The molecule has 1 fully saturated rings. The predicted molar refractivity (Wildman–Crippen MR) is 87.9 cm³/mol. The van der Waals surface area contributed by atoms with E-state index in [4.69, 9.17) is 18.9 Å². The average molecular weight is 365 g/mol. The van der Waals surface area contributed by atoms with Crippen LogP contribution in [0.25, 0.3) is 0 Å². The first-order valence-corrected chi connectivity index (χ1v) is 7.97. The normalized spacial score (nSPS) is 18.9. The molecule has 3 amide bonds. The van der Waals surface area contributed by atoms with Crippen LogP contribution in [0.4, 0.5) is 10.5 Å². The van der Waals surface area contributed by atoms with Gasteiger partial charge in [0.05, 0.1) is 26.9 Å². The van der Waals surface area contributed by atoms with Gasteiger partial charge in [-0.2, -0.15) is 0 Å². The number of nitrogens with one attached hydrogen (secondary N) is 2. The summed E-state index contributed by atoms with van der Waals surface area (Å²) in [4.78, 5) is 37.4. The molecule has 0 bridgehead atoms. The summed E-state index contributed by atoms with van der Waals surface area (Å²) in [6.07, 6.45) is 0. The first-order valence-electron chi connectivity index (χ1n) is 7.97. The maximum atomic E-state index is 12.1. The second-order valence-corrected chi connectivity index (χ2v) is 5.65. The number of imide groups is 1. The molecule has 0 aliphatic carbocycles. The molecule has 10 heteroatoms. The van der Waals surface area contributed by atoms with Gasteiger partial charge in [-0.15, -0.1) is 0 Å². The standard InChI is InChI=1S/C16H19N3O7/c1-23-15(21)11-8-24-5-4-19(11)7-14(20)18-16(22)17-10-2-3-12-13(6-10)26-9-25-12/h2-3,6,11H,4-5,7-9H2,1H3,(H2,17,18,20,22). The van der Waals surface area contributed by atoms with E-state index in [-0.39, 0.29) is 19.9 Å². The molecule has 2 heterocycles. The molecule has 0 radical (unpaired) electrons. The third-order valence-electron chi connectivity index (χ3n) is 3.94. The van der Waals surface area contributed by atoms with Gasteiger partial charge in [0.1, 0.15) is 6.04 Å². The summed E-state index contributed by atoms with van der Waals surface area (Å²) in [5.74, 6) is 0.0814. The second kappa shape index (κ2) is 8.02. The summed E-state index contributed by atoms with van der Waals surface area (Å²) in [7, 11) is 1.27. The first kappa shape index (κ1) is 18.0. The number of urea groups is 1. The molecular weight excluding hydrogens is 346 g/mol. The topological polar surface area (TPSA) is 115 Å². The van der Waals surface area contributed by atoms with Crippen molar-refractivity contribution in [2.24, 2.45) is 0 Å². The Morgan fingerprint density at radius 2 is 2.08 bits per heavy atom. The van der Waals surface area contributed by atoms with Crippen LogP contribution < -0.4 is 20.1 Å². The lowest BCUT2D eigenvalue weighted by Gasteiger charge is -2.32. The molecule has 2 N–H and O–H groups in total. The number of hydrogen-bond acceptors (Lipinski definition) is 8. The van der Waals surface area contributed by atoms with Crippen LogP contribution in [0.5, 0.6) is 11.5 Å². The number of fused-ring (bicyclic) bond motifs is 1. The minimum Gasteiger partial charge on any atom is -0.468 e. The van der Waals surface area contributed by atoms with E-state index in [0.29, 0.717) is 30.3 Å². The van der Waals surface area contributed by atoms with Gasteiger partial charge in [-0.25, -0.2) is 4.79 Å². The van der Waals surface area contributed by atoms with E-state index in [1.165, 1.54) is 7.11 Å². The van der Waals surface area contributed by atoms with Crippen molar-refractivity contribution in [2.75, 3.05) is 45.5 Å². The van der Waals surface area contributed by atoms with Crippen molar-refractivity contribution in [3.8, 4) is 11.5 Å². The zero-order valence-corrected chi connectivity index (χ0v) is 14.1. The van der Waals surface area contributed by atoms with Crippen LogP contribution >= 0.6 is 0 Å². The lowest BCUT2D eigenvalue weighted by atomic mass is 10.2. The van der Waals surface area contributed by atoms with Gasteiger partial charge in [0.25, 0.3) is 0 Å². The van der Waals surface area contributed by atoms with Crippen molar-refractivity contribution in [1.82, 2.24) is 10.2 Å². The largest absolute Gasteiger partial charge is 0.468 e. The zero-order valence-electron chi connectivity index (χ0n) is 14.1. The quantitative estimate of drug-likeness (QED) is 0.713. The number of ether oxygens (including phenoxy) is 4. The highest BCUT2D eigenvalue weighted by molar-refractivity contribution is 6.02. The van der Waals surface area contributed by atoms with Crippen LogP contribution in [-0.2, 0) is 19.1 Å². The van der Waals surface area contributed by atoms with Gasteiger partial charge in [0.15, 0.2) is 11.5 Å². The fourth-order valence-electron chi connectivity index (χ4n) is 2.67. The lowest BCUT2D eigenvalue weighted by molar-refractivity contribution is -0.153. The van der Waals surface area contributed by atoms with Crippen LogP contribution in [0, 0.1) is 0 Å². The highest BCUT2D eigenvalue weighted by Gasteiger charge is 2.31. The van der Waals surface area contributed by atoms with E-state index >= 15 is 0 Å². The van der Waals surface area contributed by atoms with Crippen LogP contribution in [0.3, 0.4) is 0 Å². The van der Waals surface area contributed by atoms with Gasteiger partial charge >= 0.3 is 12.0 Å². The minimum atomic E-state index is -0.684. The van der Waals surface area contributed by atoms with E-state index in [1.807, 2.05) is 0 Å². The summed E-state index contributed by atoms with van der Waals surface area (Å²) in [6.45, 7) is 0.923. The molecule has 1 saturated heterocycles. The molecule has 0 spiro atoms. The second-order valence-electron chi connectivity index (χ2n) is 5.65. The van der Waals surface area contributed by atoms with Gasteiger partial charge in [-0.1, -0.05) is 0 Å². The Morgan fingerprint density at radius 1 is 1.27 bits per heavy atom. The number of benzene rings is 1. The molecule has 2 aliphatic rings. The van der Waals surface area contributed by atoms with Gasteiger partial charge in [0, 0.05) is 18.3 Å². The van der Waals surface area contributed by atoms with Gasteiger partial charge in [0.2, 0.25) is 12.7 Å². The Balaban J connectivity index is 1.52. The number of rotatable bonds is 4. The van der Waals surface area contributed by atoms with Crippen molar-refractivity contribution >= 4 is 23.6 Å². The molecule has 3 rings (SSSR count). The highest BCUT2D eigenvalue weighted by atomic mass is 16.7. The van der Waals surface area contributed by atoms with E-state index in [1.54, 1.807) is 23.1 Å². The third-order valence-corrected chi connectivity index (χ3v) is 3.94. The summed E-state index contributed by atoms with van der Waals surface area (Å²) >= 11 is 0. The van der Waals surface area contributed by atoms with E-state index < -0.39 is 23.9 Å². The molecule has 1 atom stereocenters. The van der Waals surface area contributed by atoms with Crippen LogP contribution in [0.2, 0.25) is 0 Å². The van der Waals surface area contributed by atoms with Crippen molar-refractivity contribution in [2.45, 2.75) is 6.04 Å². The Hall–Kier alpha value is -2.85. The number of methoxy groups -OCH3 is 1. The van der Waals surface area contributed by atoms with Crippen molar-refractivity contribution in [3.05, 3.63) is 18.2 Å². The van der Waals surface area contributed by atoms with Crippen LogP contribution in [-0.4, -0.2) is 69.1 Å². The Kier molecular flexibility index (Phi) is 5.54. The number of amides is 3. The number of anilines is 1. The average Bonchev–Trinajstić information content (AvgIpc) is 3.09. The molecule has 1 aromatic carbocycles. The Morgan fingerprint density at radius 3 is 2.88 bits per heavy atom. The van der Waals surface area contributed by atoms with E-state index in [0.717, 1.165) is 0 Å². The van der Waals surface area contributed by atoms with Gasteiger partial charge < -0.3 is 24.3 Å². The molecule has 0 aromatic heterocycles. The molecule has 0 saturated carbocycles. The van der Waals surface area contributed by atoms with E-state index in [9.17, 15) is 14.4 Å². The molecule has 2 aliphatic heterocycles. The number of hydrogen-bond donors (Lipinski definition) is 2. The van der Waals surface area contributed by atoms with Crippen LogP contribution in [0.15, 0.2) is 18.2 Å². The summed E-state index contributed by atoms with van der Waals surface area (Å²) in [5, 5.41) is 4.77. The van der Waals surface area contributed by atoms with Gasteiger partial charge in [-0.3, -0.25) is 19.8 Å². The number of carbonyl (C=O) groups excluding carboxylic acids is 3. The third kappa shape index (κ3) is 4.21. The highest BCUT2D eigenvalue weighted by Crippen LogP contribution is 2.34. The van der Waals surface area contributed by atoms with Crippen LogP contribution in [0.1, 0.15) is 0 Å². The Bertz CT molecular complexity index is 709. The fraction of sp³-hybridized carbons (Fsp3) is 0.438. The molecule has 1 aromatic rings. The number of carbonyl (C=O) groups is 3. The number of esters is 1.